The first-order valence-electron chi connectivity index (χ1n) is 8.54. The molecule has 7 nitrogen and oxygen atoms in total. The fourth-order valence-electron chi connectivity index (χ4n) is 3.59. The second-order valence-corrected chi connectivity index (χ2v) is 7.13. The fourth-order valence-corrected chi connectivity index (χ4v) is 3.59. The molecule has 1 aromatic carbocycles. The van der Waals surface area contributed by atoms with Gasteiger partial charge in [-0.25, -0.2) is 4.68 Å². The zero-order chi connectivity index (χ0) is 18.5. The molecular weight excluding hydrogens is 326 g/mol. The summed E-state index contributed by atoms with van der Waals surface area (Å²) >= 11 is 0. The minimum atomic E-state index is -0.136. The molecule has 0 radical (unpaired) electrons. The van der Waals surface area contributed by atoms with Crippen LogP contribution in [0.5, 0.6) is 0 Å². The smallest absolute Gasteiger partial charge is 0.289 e. The molecule has 0 aliphatic carbocycles. The number of aromatic nitrogens is 6. The highest BCUT2D eigenvalue weighted by Gasteiger charge is 2.38. The van der Waals surface area contributed by atoms with Crippen LogP contribution in [0.2, 0.25) is 0 Å². The summed E-state index contributed by atoms with van der Waals surface area (Å²) in [6.07, 6.45) is 1.95. The van der Waals surface area contributed by atoms with Gasteiger partial charge in [0.1, 0.15) is 0 Å². The molecule has 1 aliphatic heterocycles. The molecular formula is C19H21N7. The minimum absolute atomic E-state index is 0.136. The van der Waals surface area contributed by atoms with Crippen LogP contribution in [0.4, 0.5) is 5.69 Å². The Morgan fingerprint density at radius 1 is 1.00 bits per heavy atom. The molecule has 0 bridgehead atoms. The summed E-state index contributed by atoms with van der Waals surface area (Å²) in [4.78, 5) is 2.17. The first-order chi connectivity index (χ1) is 12.4. The molecule has 0 atom stereocenters. The zero-order valence-electron chi connectivity index (χ0n) is 15.6. The normalized spacial score (nSPS) is 17.0. The van der Waals surface area contributed by atoms with E-state index >= 15 is 0 Å². The summed E-state index contributed by atoms with van der Waals surface area (Å²) in [5.41, 5.74) is 5.32. The molecule has 0 saturated heterocycles. The van der Waals surface area contributed by atoms with Crippen molar-refractivity contribution < 1.29 is 0 Å². The Balaban J connectivity index is 1.70. The topological polar surface area (TPSA) is 72.6 Å². The van der Waals surface area contributed by atoms with Crippen molar-refractivity contribution in [1.82, 2.24) is 30.2 Å². The van der Waals surface area contributed by atoms with Crippen molar-refractivity contribution in [2.24, 2.45) is 0 Å². The van der Waals surface area contributed by atoms with Crippen molar-refractivity contribution in [2.45, 2.75) is 33.1 Å². The Morgan fingerprint density at radius 3 is 2.31 bits per heavy atom. The molecule has 3 heterocycles. The van der Waals surface area contributed by atoms with Gasteiger partial charge in [-0.2, -0.15) is 5.10 Å². The van der Waals surface area contributed by atoms with Gasteiger partial charge in [-0.15, -0.1) is 20.4 Å². The van der Waals surface area contributed by atoms with Gasteiger partial charge < -0.3 is 4.90 Å². The van der Waals surface area contributed by atoms with E-state index in [4.69, 9.17) is 0 Å². The standard InChI is InChI=1S/C19H21N7/c1-12-10-13(2)26(24-12)18-22-20-17(21-23-18)11-16-19(3,4)14-8-6-7-9-15(14)25(16)5/h6-11H,1-5H3/b16-11+. The van der Waals surface area contributed by atoms with E-state index in [1.807, 2.05) is 26.0 Å². The van der Waals surface area contributed by atoms with Crippen molar-refractivity contribution in [2.75, 3.05) is 11.9 Å². The molecule has 4 rings (SSSR count). The number of rotatable bonds is 2. The van der Waals surface area contributed by atoms with Crippen molar-refractivity contribution in [3.63, 3.8) is 0 Å². The van der Waals surface area contributed by atoms with Gasteiger partial charge in [0.25, 0.3) is 5.95 Å². The third kappa shape index (κ3) is 2.47. The van der Waals surface area contributed by atoms with Crippen molar-refractivity contribution in [3.8, 4) is 5.95 Å². The van der Waals surface area contributed by atoms with Crippen LogP contribution >= 0.6 is 0 Å². The summed E-state index contributed by atoms with van der Waals surface area (Å²) < 4.78 is 1.65. The minimum Gasteiger partial charge on any atom is -0.347 e. The Labute approximate surface area is 152 Å². The van der Waals surface area contributed by atoms with E-state index in [2.05, 4.69) is 75.6 Å². The van der Waals surface area contributed by atoms with Gasteiger partial charge in [-0.3, -0.25) is 0 Å². The van der Waals surface area contributed by atoms with Crippen LogP contribution < -0.4 is 4.90 Å². The number of hydrogen-bond acceptors (Lipinski definition) is 6. The number of hydrogen-bond donors (Lipinski definition) is 0. The predicted molar refractivity (Wildman–Crippen MR) is 100 cm³/mol. The van der Waals surface area contributed by atoms with Crippen LogP contribution in [0.1, 0.15) is 36.6 Å². The van der Waals surface area contributed by atoms with E-state index in [9.17, 15) is 0 Å². The lowest BCUT2D eigenvalue weighted by atomic mass is 9.84. The largest absolute Gasteiger partial charge is 0.347 e. The highest BCUT2D eigenvalue weighted by Crippen LogP contribution is 2.46. The van der Waals surface area contributed by atoms with E-state index in [0.29, 0.717) is 11.8 Å². The molecule has 0 amide bonds. The molecule has 26 heavy (non-hydrogen) atoms. The number of aryl methyl sites for hydroxylation is 2. The number of allylic oxidation sites excluding steroid dienone is 1. The Hall–Kier alpha value is -3.09. The summed E-state index contributed by atoms with van der Waals surface area (Å²) in [7, 11) is 2.06. The maximum absolute atomic E-state index is 4.36. The van der Waals surface area contributed by atoms with E-state index < -0.39 is 0 Å². The van der Waals surface area contributed by atoms with Gasteiger partial charge >= 0.3 is 0 Å². The van der Waals surface area contributed by atoms with Crippen LogP contribution in [0, 0.1) is 13.8 Å². The van der Waals surface area contributed by atoms with Gasteiger partial charge in [0.15, 0.2) is 5.82 Å². The average Bonchev–Trinajstić information content (AvgIpc) is 3.05. The summed E-state index contributed by atoms with van der Waals surface area (Å²) in [5, 5.41) is 21.3. The van der Waals surface area contributed by atoms with E-state index in [-0.39, 0.29) is 5.41 Å². The zero-order valence-corrected chi connectivity index (χ0v) is 15.6. The molecule has 1 aliphatic rings. The van der Waals surface area contributed by atoms with Gasteiger partial charge in [0.2, 0.25) is 0 Å². The monoisotopic (exact) mass is 347 g/mol. The second-order valence-electron chi connectivity index (χ2n) is 7.13. The number of anilines is 1. The number of nitrogens with zero attached hydrogens (tertiary/aromatic N) is 7. The molecule has 0 saturated carbocycles. The number of fused-ring (bicyclic) bond motifs is 1. The quantitative estimate of drug-likeness (QED) is 0.710. The predicted octanol–water partition coefficient (Wildman–Crippen LogP) is 2.84. The molecule has 2 aromatic heterocycles. The second kappa shape index (κ2) is 5.72. The van der Waals surface area contributed by atoms with Crippen molar-refractivity contribution in [1.29, 1.82) is 0 Å². The molecule has 3 aromatic rings. The van der Waals surface area contributed by atoms with Gasteiger partial charge in [-0.05, 0) is 31.5 Å². The number of benzene rings is 1. The average molecular weight is 347 g/mol. The van der Waals surface area contributed by atoms with Gasteiger partial charge in [-0.1, -0.05) is 32.0 Å². The van der Waals surface area contributed by atoms with Crippen LogP contribution in [0.25, 0.3) is 12.0 Å². The lowest BCUT2D eigenvalue weighted by Gasteiger charge is -2.23. The summed E-state index contributed by atoms with van der Waals surface area (Å²) in [6, 6.07) is 10.4. The molecule has 0 unspecified atom stereocenters. The van der Waals surface area contributed by atoms with Crippen molar-refractivity contribution in [3.05, 3.63) is 58.8 Å². The van der Waals surface area contributed by atoms with E-state index in [0.717, 1.165) is 17.1 Å². The Kier molecular flexibility index (Phi) is 3.61. The first kappa shape index (κ1) is 16.4. The van der Waals surface area contributed by atoms with Crippen LogP contribution in [-0.4, -0.2) is 37.2 Å². The molecule has 0 N–H and O–H groups in total. The van der Waals surface area contributed by atoms with E-state index in [1.54, 1.807) is 4.68 Å². The SMILES string of the molecule is Cc1cc(C)n(-c2nnc(/C=C3/N(C)c4ccccc4C3(C)C)nn2)n1. The number of likely N-dealkylation sites (N-methyl/N-ethyl adjacent to an activating group) is 1. The third-order valence-corrected chi connectivity index (χ3v) is 4.89. The maximum atomic E-state index is 4.36. The molecule has 0 fully saturated rings. The maximum Gasteiger partial charge on any atom is 0.289 e. The first-order valence-corrected chi connectivity index (χ1v) is 8.54. The van der Waals surface area contributed by atoms with E-state index in [1.165, 1.54) is 11.3 Å². The lowest BCUT2D eigenvalue weighted by molar-refractivity contribution is 0.642. The van der Waals surface area contributed by atoms with Crippen molar-refractivity contribution >= 4 is 11.8 Å². The molecule has 132 valence electrons. The Bertz CT molecular complexity index is 999. The summed E-state index contributed by atoms with van der Waals surface area (Å²) in [6.45, 7) is 8.28. The number of para-hydroxylation sites is 1. The van der Waals surface area contributed by atoms with Crippen LogP contribution in [0.3, 0.4) is 0 Å². The highest BCUT2D eigenvalue weighted by molar-refractivity contribution is 5.74. The van der Waals surface area contributed by atoms with Gasteiger partial charge in [0.05, 0.1) is 5.69 Å². The molecule has 7 heteroatoms. The Morgan fingerprint density at radius 2 is 1.69 bits per heavy atom. The third-order valence-electron chi connectivity index (χ3n) is 4.89. The molecule has 0 spiro atoms. The van der Waals surface area contributed by atoms with Gasteiger partial charge in [0, 0.05) is 35.6 Å². The summed E-state index contributed by atoms with van der Waals surface area (Å²) in [5.74, 6) is 0.859. The van der Waals surface area contributed by atoms with Crippen LogP contribution in [0.15, 0.2) is 36.0 Å². The van der Waals surface area contributed by atoms with Crippen LogP contribution in [-0.2, 0) is 5.41 Å². The lowest BCUT2D eigenvalue weighted by Crippen LogP contribution is -2.23. The highest BCUT2D eigenvalue weighted by atomic mass is 15.4. The fraction of sp³-hybridized carbons (Fsp3) is 0.316.